The molecule has 1 aromatic heterocycles. The minimum absolute atomic E-state index is 0.190. The van der Waals surface area contributed by atoms with Crippen LogP contribution >= 0.6 is 0 Å². The number of hydrogen-bond acceptors (Lipinski definition) is 5. The molecule has 130 valence electrons. The van der Waals surface area contributed by atoms with Crippen molar-refractivity contribution >= 4 is 15.7 Å². The van der Waals surface area contributed by atoms with E-state index < -0.39 is 10.0 Å². The Bertz CT molecular complexity index is 952. The number of ether oxygens (including phenoxy) is 1. The molecule has 0 aliphatic rings. The first-order valence-corrected chi connectivity index (χ1v) is 9.19. The average molecular weight is 358 g/mol. The quantitative estimate of drug-likeness (QED) is 0.732. The molecule has 0 bridgehead atoms. The molecule has 7 nitrogen and oxygen atoms in total. The van der Waals surface area contributed by atoms with Crippen molar-refractivity contribution in [1.29, 1.82) is 0 Å². The number of nitrogens with one attached hydrogen (secondary N) is 1. The molecule has 0 fully saturated rings. The number of rotatable bonds is 6. The Morgan fingerprint density at radius 3 is 2.40 bits per heavy atom. The van der Waals surface area contributed by atoms with Gasteiger partial charge in [0.05, 0.1) is 22.9 Å². The Morgan fingerprint density at radius 1 is 1.08 bits per heavy atom. The minimum Gasteiger partial charge on any atom is -0.492 e. The Morgan fingerprint density at radius 2 is 1.76 bits per heavy atom. The van der Waals surface area contributed by atoms with Gasteiger partial charge in [-0.15, -0.1) is 10.2 Å². The molecule has 0 aliphatic heterocycles. The maximum absolute atomic E-state index is 12.7. The molecule has 0 spiro atoms. The molecule has 0 saturated heterocycles. The highest BCUT2D eigenvalue weighted by Crippen LogP contribution is 2.29. The number of aryl methyl sites for hydroxylation is 1. The standard InChI is InChI=1S/C17H18N4O3S/c1-3-24-17-9-6-14(21-11-18-19-12-21)10-16(17)20-25(22,23)15-7-4-13(2)5-8-15/h4-12,20H,3H2,1-2H3. The van der Waals surface area contributed by atoms with Gasteiger partial charge in [-0.25, -0.2) is 8.42 Å². The van der Waals surface area contributed by atoms with Gasteiger partial charge in [0.15, 0.2) is 0 Å². The number of benzene rings is 2. The fourth-order valence-electron chi connectivity index (χ4n) is 2.29. The van der Waals surface area contributed by atoms with Gasteiger partial charge in [-0.3, -0.25) is 9.29 Å². The monoisotopic (exact) mass is 358 g/mol. The number of aromatic nitrogens is 3. The molecule has 1 N–H and O–H groups in total. The van der Waals surface area contributed by atoms with Gasteiger partial charge in [0.25, 0.3) is 10.0 Å². The van der Waals surface area contributed by atoms with Crippen molar-refractivity contribution in [3.63, 3.8) is 0 Å². The Balaban J connectivity index is 1.99. The molecule has 0 aliphatic carbocycles. The van der Waals surface area contributed by atoms with E-state index in [2.05, 4.69) is 14.9 Å². The summed E-state index contributed by atoms with van der Waals surface area (Å²) in [6, 6.07) is 11.9. The molecule has 0 saturated carbocycles. The van der Waals surface area contributed by atoms with E-state index in [-0.39, 0.29) is 4.90 Å². The van der Waals surface area contributed by atoms with Gasteiger partial charge in [-0.2, -0.15) is 0 Å². The van der Waals surface area contributed by atoms with Crippen molar-refractivity contribution in [3.8, 4) is 11.4 Å². The van der Waals surface area contributed by atoms with E-state index in [0.29, 0.717) is 18.0 Å². The van der Waals surface area contributed by atoms with Crippen LogP contribution in [0.2, 0.25) is 0 Å². The second-order valence-electron chi connectivity index (χ2n) is 5.40. The summed E-state index contributed by atoms with van der Waals surface area (Å²) in [4.78, 5) is 0.190. The molecule has 2 aromatic carbocycles. The minimum atomic E-state index is -3.73. The number of anilines is 1. The van der Waals surface area contributed by atoms with Crippen molar-refractivity contribution < 1.29 is 13.2 Å². The van der Waals surface area contributed by atoms with Crippen LogP contribution in [-0.4, -0.2) is 29.8 Å². The van der Waals surface area contributed by atoms with E-state index in [0.717, 1.165) is 11.3 Å². The third-order valence-electron chi connectivity index (χ3n) is 3.56. The molecule has 0 unspecified atom stereocenters. The lowest BCUT2D eigenvalue weighted by molar-refractivity contribution is 0.342. The molecular formula is C17H18N4O3S. The maximum atomic E-state index is 12.7. The van der Waals surface area contributed by atoms with E-state index in [1.54, 1.807) is 47.0 Å². The highest BCUT2D eigenvalue weighted by Gasteiger charge is 2.17. The van der Waals surface area contributed by atoms with Gasteiger partial charge < -0.3 is 4.74 Å². The van der Waals surface area contributed by atoms with Crippen LogP contribution in [0, 0.1) is 6.92 Å². The summed E-state index contributed by atoms with van der Waals surface area (Å²) in [7, 11) is -3.73. The Kier molecular flexibility index (Phi) is 4.71. The van der Waals surface area contributed by atoms with E-state index in [1.165, 1.54) is 12.7 Å². The molecule has 25 heavy (non-hydrogen) atoms. The normalized spacial score (nSPS) is 11.3. The van der Waals surface area contributed by atoms with Crippen LogP contribution in [0.4, 0.5) is 5.69 Å². The molecule has 3 rings (SSSR count). The fraction of sp³-hybridized carbons (Fsp3) is 0.176. The predicted octanol–water partition coefficient (Wildman–Crippen LogP) is 2.78. The summed E-state index contributed by atoms with van der Waals surface area (Å²) in [6.07, 6.45) is 3.07. The summed E-state index contributed by atoms with van der Waals surface area (Å²) in [5.74, 6) is 0.454. The lowest BCUT2D eigenvalue weighted by Crippen LogP contribution is -2.14. The zero-order valence-electron chi connectivity index (χ0n) is 13.9. The van der Waals surface area contributed by atoms with Crippen molar-refractivity contribution in [3.05, 3.63) is 60.7 Å². The zero-order valence-corrected chi connectivity index (χ0v) is 14.7. The Hall–Kier alpha value is -2.87. The fourth-order valence-corrected chi connectivity index (χ4v) is 3.36. The summed E-state index contributed by atoms with van der Waals surface area (Å²) in [6.45, 7) is 4.16. The summed E-state index contributed by atoms with van der Waals surface area (Å²) < 4.78 is 35.2. The van der Waals surface area contributed by atoms with Gasteiger partial charge in [0, 0.05) is 0 Å². The van der Waals surface area contributed by atoms with Crippen LogP contribution in [0.25, 0.3) is 5.69 Å². The van der Waals surface area contributed by atoms with Crippen LogP contribution in [0.1, 0.15) is 12.5 Å². The molecule has 8 heteroatoms. The second kappa shape index (κ2) is 6.94. The molecule has 0 radical (unpaired) electrons. The topological polar surface area (TPSA) is 86.1 Å². The van der Waals surface area contributed by atoms with Crippen LogP contribution in [0.5, 0.6) is 5.75 Å². The van der Waals surface area contributed by atoms with Crippen molar-refractivity contribution in [2.75, 3.05) is 11.3 Å². The summed E-state index contributed by atoms with van der Waals surface area (Å²) in [5.41, 5.74) is 2.06. The highest BCUT2D eigenvalue weighted by atomic mass is 32.2. The van der Waals surface area contributed by atoms with Crippen LogP contribution in [0.15, 0.2) is 60.0 Å². The third-order valence-corrected chi connectivity index (χ3v) is 4.94. The Labute approximate surface area is 146 Å². The van der Waals surface area contributed by atoms with Crippen molar-refractivity contribution in [1.82, 2.24) is 14.8 Å². The van der Waals surface area contributed by atoms with E-state index >= 15 is 0 Å². The third kappa shape index (κ3) is 3.80. The van der Waals surface area contributed by atoms with E-state index in [1.807, 2.05) is 13.8 Å². The maximum Gasteiger partial charge on any atom is 0.262 e. The first-order valence-electron chi connectivity index (χ1n) is 7.71. The van der Waals surface area contributed by atoms with E-state index in [9.17, 15) is 8.42 Å². The van der Waals surface area contributed by atoms with Crippen LogP contribution in [-0.2, 0) is 10.0 Å². The lowest BCUT2D eigenvalue weighted by Gasteiger charge is -2.14. The van der Waals surface area contributed by atoms with Gasteiger partial charge >= 0.3 is 0 Å². The summed E-state index contributed by atoms with van der Waals surface area (Å²) in [5, 5.41) is 7.52. The predicted molar refractivity (Wildman–Crippen MR) is 94.5 cm³/mol. The number of hydrogen-bond donors (Lipinski definition) is 1. The molecule has 1 heterocycles. The molecule has 0 atom stereocenters. The largest absolute Gasteiger partial charge is 0.492 e. The second-order valence-corrected chi connectivity index (χ2v) is 7.08. The van der Waals surface area contributed by atoms with Crippen LogP contribution in [0.3, 0.4) is 0 Å². The molecular weight excluding hydrogens is 340 g/mol. The van der Waals surface area contributed by atoms with E-state index in [4.69, 9.17) is 4.74 Å². The van der Waals surface area contributed by atoms with Crippen molar-refractivity contribution in [2.24, 2.45) is 0 Å². The number of nitrogens with zero attached hydrogens (tertiary/aromatic N) is 3. The smallest absolute Gasteiger partial charge is 0.262 e. The van der Waals surface area contributed by atoms with Crippen molar-refractivity contribution in [2.45, 2.75) is 18.7 Å². The van der Waals surface area contributed by atoms with Gasteiger partial charge in [-0.05, 0) is 44.2 Å². The zero-order chi connectivity index (χ0) is 17.9. The first-order chi connectivity index (χ1) is 12.0. The molecule has 3 aromatic rings. The van der Waals surface area contributed by atoms with Gasteiger partial charge in [0.2, 0.25) is 0 Å². The van der Waals surface area contributed by atoms with Crippen LogP contribution < -0.4 is 9.46 Å². The number of sulfonamides is 1. The van der Waals surface area contributed by atoms with Gasteiger partial charge in [-0.1, -0.05) is 17.7 Å². The highest BCUT2D eigenvalue weighted by molar-refractivity contribution is 7.92. The van der Waals surface area contributed by atoms with Gasteiger partial charge in [0.1, 0.15) is 18.4 Å². The SMILES string of the molecule is CCOc1ccc(-n2cnnc2)cc1NS(=O)(=O)c1ccc(C)cc1. The average Bonchev–Trinajstić information content (AvgIpc) is 3.11. The summed E-state index contributed by atoms with van der Waals surface area (Å²) >= 11 is 0. The molecule has 0 amide bonds. The lowest BCUT2D eigenvalue weighted by atomic mass is 10.2. The first kappa shape index (κ1) is 17.0.